The smallest absolute Gasteiger partial charge is 0.161 e. The lowest BCUT2D eigenvalue weighted by atomic mass is 10.1. The molecule has 2 nitrogen and oxygen atoms in total. The molecule has 0 fully saturated rings. The average Bonchev–Trinajstić information content (AvgIpc) is 2.26. The molecule has 0 atom stereocenters. The third kappa shape index (κ3) is 2.20. The molecule has 1 aromatic carbocycles. The summed E-state index contributed by atoms with van der Waals surface area (Å²) in [5, 5.41) is 0. The van der Waals surface area contributed by atoms with Crippen LogP contribution in [0.1, 0.15) is 5.56 Å². The van der Waals surface area contributed by atoms with Gasteiger partial charge in [0.2, 0.25) is 0 Å². The van der Waals surface area contributed by atoms with Crippen molar-refractivity contribution in [3.05, 3.63) is 30.3 Å². The van der Waals surface area contributed by atoms with Crippen molar-refractivity contribution in [1.29, 1.82) is 0 Å². The average molecular weight is 213 g/mol. The molecule has 0 saturated heterocycles. The minimum Gasteiger partial charge on any atom is -0.493 e. The molecule has 0 aliphatic heterocycles. The van der Waals surface area contributed by atoms with Gasteiger partial charge in [-0.3, -0.25) is 0 Å². The van der Waals surface area contributed by atoms with E-state index in [0.29, 0.717) is 17.4 Å². The molecule has 1 aromatic rings. The standard InChI is InChI=1S/C11H13ClO2/c1-8(7-12)9-4-5-10(13-2)11(6-9)14-3/h4-6H,1,7H2,2-3H3. The molecule has 1 rings (SSSR count). The van der Waals surface area contributed by atoms with E-state index in [2.05, 4.69) is 6.58 Å². The van der Waals surface area contributed by atoms with Crippen molar-refractivity contribution in [2.75, 3.05) is 20.1 Å². The number of hydrogen-bond donors (Lipinski definition) is 0. The Hall–Kier alpha value is -1.15. The highest BCUT2D eigenvalue weighted by Crippen LogP contribution is 2.29. The molecule has 0 aliphatic carbocycles. The molecule has 0 N–H and O–H groups in total. The summed E-state index contributed by atoms with van der Waals surface area (Å²) in [5.41, 5.74) is 1.84. The van der Waals surface area contributed by atoms with E-state index in [-0.39, 0.29) is 0 Å². The summed E-state index contributed by atoms with van der Waals surface area (Å²) in [7, 11) is 3.21. The van der Waals surface area contributed by atoms with Crippen LogP contribution >= 0.6 is 11.6 Å². The second-order valence-electron chi connectivity index (χ2n) is 2.81. The van der Waals surface area contributed by atoms with Crippen molar-refractivity contribution in [2.45, 2.75) is 0 Å². The van der Waals surface area contributed by atoms with E-state index in [0.717, 1.165) is 11.1 Å². The minimum atomic E-state index is 0.412. The van der Waals surface area contributed by atoms with Crippen LogP contribution in [0, 0.1) is 0 Å². The van der Waals surface area contributed by atoms with Gasteiger partial charge >= 0.3 is 0 Å². The number of rotatable bonds is 4. The predicted octanol–water partition coefficient (Wildman–Crippen LogP) is 2.96. The van der Waals surface area contributed by atoms with Gasteiger partial charge in [0.25, 0.3) is 0 Å². The van der Waals surface area contributed by atoms with Crippen LogP contribution in [0.4, 0.5) is 0 Å². The maximum absolute atomic E-state index is 5.68. The molecule has 76 valence electrons. The third-order valence-electron chi connectivity index (χ3n) is 1.95. The second-order valence-corrected chi connectivity index (χ2v) is 3.07. The summed E-state index contributed by atoms with van der Waals surface area (Å²) in [5.74, 6) is 1.81. The van der Waals surface area contributed by atoms with Gasteiger partial charge < -0.3 is 9.47 Å². The van der Waals surface area contributed by atoms with Crippen molar-refractivity contribution < 1.29 is 9.47 Å². The van der Waals surface area contributed by atoms with Gasteiger partial charge in [0, 0.05) is 5.88 Å². The van der Waals surface area contributed by atoms with Crippen LogP contribution in [0.2, 0.25) is 0 Å². The van der Waals surface area contributed by atoms with Crippen LogP contribution in [0.15, 0.2) is 24.8 Å². The Morgan fingerprint density at radius 3 is 2.43 bits per heavy atom. The third-order valence-corrected chi connectivity index (χ3v) is 2.28. The zero-order chi connectivity index (χ0) is 10.6. The van der Waals surface area contributed by atoms with Crippen LogP contribution in [0.5, 0.6) is 11.5 Å². The van der Waals surface area contributed by atoms with Crippen LogP contribution in [-0.4, -0.2) is 20.1 Å². The number of benzene rings is 1. The van der Waals surface area contributed by atoms with Crippen molar-refractivity contribution in [2.24, 2.45) is 0 Å². The maximum Gasteiger partial charge on any atom is 0.161 e. The molecular weight excluding hydrogens is 200 g/mol. The summed E-state index contributed by atoms with van der Waals surface area (Å²) in [6.07, 6.45) is 0. The van der Waals surface area contributed by atoms with Gasteiger partial charge in [-0.15, -0.1) is 11.6 Å². The van der Waals surface area contributed by atoms with Gasteiger partial charge in [0.15, 0.2) is 11.5 Å². The Balaban J connectivity index is 3.07. The first kappa shape index (κ1) is 10.9. The number of ether oxygens (including phenoxy) is 2. The SMILES string of the molecule is C=C(CCl)c1ccc(OC)c(OC)c1. The molecule has 0 unspecified atom stereocenters. The van der Waals surface area contributed by atoms with Crippen molar-refractivity contribution in [1.82, 2.24) is 0 Å². The Morgan fingerprint density at radius 2 is 1.93 bits per heavy atom. The highest BCUT2D eigenvalue weighted by atomic mass is 35.5. The van der Waals surface area contributed by atoms with Gasteiger partial charge in [-0.2, -0.15) is 0 Å². The van der Waals surface area contributed by atoms with Gasteiger partial charge in [-0.05, 0) is 23.3 Å². The number of alkyl halides is 1. The first-order chi connectivity index (χ1) is 6.72. The molecule has 0 amide bonds. The molecule has 0 saturated carbocycles. The van der Waals surface area contributed by atoms with Gasteiger partial charge in [-0.1, -0.05) is 12.6 Å². The van der Waals surface area contributed by atoms with E-state index >= 15 is 0 Å². The fourth-order valence-corrected chi connectivity index (χ4v) is 1.29. The van der Waals surface area contributed by atoms with Gasteiger partial charge in [-0.25, -0.2) is 0 Å². The zero-order valence-corrected chi connectivity index (χ0v) is 9.10. The van der Waals surface area contributed by atoms with Crippen LogP contribution in [-0.2, 0) is 0 Å². The van der Waals surface area contributed by atoms with Crippen molar-refractivity contribution in [3.63, 3.8) is 0 Å². The van der Waals surface area contributed by atoms with Gasteiger partial charge in [0.05, 0.1) is 14.2 Å². The first-order valence-corrected chi connectivity index (χ1v) is 4.72. The summed E-state index contributed by atoms with van der Waals surface area (Å²) < 4.78 is 10.3. The van der Waals surface area contributed by atoms with E-state index in [1.165, 1.54) is 0 Å². The fraction of sp³-hybridized carbons (Fsp3) is 0.273. The Morgan fingerprint density at radius 1 is 1.29 bits per heavy atom. The minimum absolute atomic E-state index is 0.412. The lowest BCUT2D eigenvalue weighted by molar-refractivity contribution is 0.355. The molecule has 0 aliphatic rings. The fourth-order valence-electron chi connectivity index (χ4n) is 1.13. The largest absolute Gasteiger partial charge is 0.493 e. The van der Waals surface area contributed by atoms with Gasteiger partial charge in [0.1, 0.15) is 0 Å². The van der Waals surface area contributed by atoms with Crippen LogP contribution in [0.25, 0.3) is 5.57 Å². The number of methoxy groups -OCH3 is 2. The van der Waals surface area contributed by atoms with E-state index in [1.54, 1.807) is 14.2 Å². The summed E-state index contributed by atoms with van der Waals surface area (Å²) >= 11 is 5.68. The lowest BCUT2D eigenvalue weighted by Gasteiger charge is -2.09. The highest BCUT2D eigenvalue weighted by Gasteiger charge is 2.05. The maximum atomic E-state index is 5.68. The summed E-state index contributed by atoms with van der Waals surface area (Å²) in [4.78, 5) is 0. The topological polar surface area (TPSA) is 18.5 Å². The molecule has 3 heteroatoms. The van der Waals surface area contributed by atoms with Crippen LogP contribution in [0.3, 0.4) is 0 Å². The summed E-state index contributed by atoms with van der Waals surface area (Å²) in [6.45, 7) is 3.85. The molecule has 0 bridgehead atoms. The summed E-state index contributed by atoms with van der Waals surface area (Å²) in [6, 6.07) is 5.61. The monoisotopic (exact) mass is 212 g/mol. The lowest BCUT2D eigenvalue weighted by Crippen LogP contribution is -1.92. The molecule has 0 spiro atoms. The number of halogens is 1. The molecule has 0 radical (unpaired) electrons. The number of hydrogen-bond acceptors (Lipinski definition) is 2. The van der Waals surface area contributed by atoms with Crippen LogP contribution < -0.4 is 9.47 Å². The molecule has 0 heterocycles. The van der Waals surface area contributed by atoms with E-state index in [9.17, 15) is 0 Å². The quantitative estimate of drug-likeness (QED) is 0.715. The Kier molecular flexibility index (Phi) is 3.84. The van der Waals surface area contributed by atoms with E-state index in [1.807, 2.05) is 18.2 Å². The Bertz CT molecular complexity index is 334. The van der Waals surface area contributed by atoms with Crippen molar-refractivity contribution in [3.8, 4) is 11.5 Å². The second kappa shape index (κ2) is 4.91. The Labute approximate surface area is 89.1 Å². The van der Waals surface area contributed by atoms with E-state index in [4.69, 9.17) is 21.1 Å². The van der Waals surface area contributed by atoms with E-state index < -0.39 is 0 Å². The zero-order valence-electron chi connectivity index (χ0n) is 8.34. The first-order valence-electron chi connectivity index (χ1n) is 4.19. The normalized spacial score (nSPS) is 9.64. The predicted molar refractivity (Wildman–Crippen MR) is 59.3 cm³/mol. The highest BCUT2D eigenvalue weighted by molar-refractivity contribution is 6.23. The molecule has 14 heavy (non-hydrogen) atoms. The molecular formula is C11H13ClO2. The molecule has 0 aromatic heterocycles. The number of allylic oxidation sites excluding steroid dienone is 1. The van der Waals surface area contributed by atoms with Crippen molar-refractivity contribution >= 4 is 17.2 Å².